The molecule has 0 aliphatic carbocycles. The van der Waals surface area contributed by atoms with Crippen molar-refractivity contribution in [1.29, 1.82) is 0 Å². The van der Waals surface area contributed by atoms with E-state index in [1.807, 2.05) is 0 Å². The predicted octanol–water partition coefficient (Wildman–Crippen LogP) is 2.31. The molecule has 2 rings (SSSR count). The molecule has 0 aromatic heterocycles. The number of rotatable bonds is 7. The fourth-order valence-electron chi connectivity index (χ4n) is 2.20. The number of hydrogen-bond acceptors (Lipinski definition) is 3. The van der Waals surface area contributed by atoms with E-state index in [9.17, 15) is 0 Å². The molecule has 1 aromatic carbocycles. The van der Waals surface area contributed by atoms with Crippen molar-refractivity contribution in [2.24, 2.45) is 0 Å². The molecule has 1 N–H and O–H groups in total. The van der Waals surface area contributed by atoms with Gasteiger partial charge < -0.3 is 14.8 Å². The third kappa shape index (κ3) is 3.72. The molecule has 1 aliphatic rings. The maximum Gasteiger partial charge on any atom is 0.126 e. The van der Waals surface area contributed by atoms with Crippen molar-refractivity contribution in [3.8, 4) is 5.75 Å². The molecule has 0 saturated heterocycles. The lowest BCUT2D eigenvalue weighted by molar-refractivity contribution is 0.0621. The summed E-state index contributed by atoms with van der Waals surface area (Å²) >= 11 is 0. The van der Waals surface area contributed by atoms with Gasteiger partial charge in [-0.1, -0.05) is 24.6 Å². The molecule has 1 unspecified atom stereocenters. The zero-order valence-electron chi connectivity index (χ0n) is 11.4. The number of fused-ring (bicyclic) bond motifs is 1. The molecule has 18 heavy (non-hydrogen) atoms. The van der Waals surface area contributed by atoms with Gasteiger partial charge in [0.2, 0.25) is 0 Å². The Hall–Kier alpha value is -1.06. The summed E-state index contributed by atoms with van der Waals surface area (Å²) in [5.74, 6) is 1.03. The summed E-state index contributed by atoms with van der Waals surface area (Å²) in [5, 5.41) is 3.32. The molecule has 1 heterocycles. The topological polar surface area (TPSA) is 30.5 Å². The summed E-state index contributed by atoms with van der Waals surface area (Å²) < 4.78 is 11.5. The Balaban J connectivity index is 1.65. The quantitative estimate of drug-likeness (QED) is 0.752. The van der Waals surface area contributed by atoms with Crippen LogP contribution in [-0.4, -0.2) is 32.4 Å². The minimum absolute atomic E-state index is 0.188. The van der Waals surface area contributed by atoms with Crippen LogP contribution in [0.15, 0.2) is 18.2 Å². The fourth-order valence-corrected chi connectivity index (χ4v) is 2.20. The van der Waals surface area contributed by atoms with Crippen LogP contribution in [0.5, 0.6) is 5.75 Å². The maximum absolute atomic E-state index is 5.84. The van der Waals surface area contributed by atoms with Crippen molar-refractivity contribution >= 4 is 0 Å². The van der Waals surface area contributed by atoms with Crippen LogP contribution in [-0.2, 0) is 11.2 Å². The third-order valence-electron chi connectivity index (χ3n) is 3.11. The van der Waals surface area contributed by atoms with E-state index in [-0.39, 0.29) is 6.10 Å². The van der Waals surface area contributed by atoms with Gasteiger partial charge in [-0.05, 0) is 31.5 Å². The standard InChI is InChI=1S/C15H23NO2/c1-3-6-16-7-8-17-11-14-10-13-9-12(2)4-5-15(13)18-14/h4-5,9,14,16H,3,6-8,10-11H2,1-2H3. The summed E-state index contributed by atoms with van der Waals surface area (Å²) in [6, 6.07) is 6.36. The second-order valence-electron chi connectivity index (χ2n) is 4.88. The zero-order chi connectivity index (χ0) is 12.8. The lowest BCUT2D eigenvalue weighted by Gasteiger charge is -2.11. The highest BCUT2D eigenvalue weighted by atomic mass is 16.5. The highest BCUT2D eigenvalue weighted by molar-refractivity contribution is 5.40. The largest absolute Gasteiger partial charge is 0.487 e. The van der Waals surface area contributed by atoms with Gasteiger partial charge in [0, 0.05) is 13.0 Å². The number of benzene rings is 1. The Labute approximate surface area is 109 Å². The fraction of sp³-hybridized carbons (Fsp3) is 0.600. The maximum atomic E-state index is 5.84. The second kappa shape index (κ2) is 6.76. The van der Waals surface area contributed by atoms with Crippen molar-refractivity contribution in [1.82, 2.24) is 5.32 Å². The van der Waals surface area contributed by atoms with Crippen molar-refractivity contribution in [3.63, 3.8) is 0 Å². The van der Waals surface area contributed by atoms with E-state index in [0.717, 1.165) is 31.9 Å². The Morgan fingerprint density at radius 1 is 1.39 bits per heavy atom. The summed E-state index contributed by atoms with van der Waals surface area (Å²) in [6.45, 7) is 7.71. The van der Waals surface area contributed by atoms with Gasteiger partial charge in [-0.2, -0.15) is 0 Å². The number of ether oxygens (including phenoxy) is 2. The number of hydrogen-bond donors (Lipinski definition) is 1. The van der Waals surface area contributed by atoms with Crippen LogP contribution < -0.4 is 10.1 Å². The predicted molar refractivity (Wildman–Crippen MR) is 73.3 cm³/mol. The molecule has 0 radical (unpaired) electrons. The first-order valence-corrected chi connectivity index (χ1v) is 6.84. The molecule has 1 aliphatic heterocycles. The van der Waals surface area contributed by atoms with Gasteiger partial charge in [-0.15, -0.1) is 0 Å². The molecule has 0 fully saturated rings. The summed E-state index contributed by atoms with van der Waals surface area (Å²) in [6.07, 6.45) is 2.33. The summed E-state index contributed by atoms with van der Waals surface area (Å²) in [4.78, 5) is 0. The molecule has 3 heteroatoms. The monoisotopic (exact) mass is 249 g/mol. The van der Waals surface area contributed by atoms with Gasteiger partial charge in [0.05, 0.1) is 13.2 Å². The van der Waals surface area contributed by atoms with E-state index in [1.54, 1.807) is 0 Å². The highest BCUT2D eigenvalue weighted by Gasteiger charge is 2.22. The molecular formula is C15H23NO2. The van der Waals surface area contributed by atoms with Crippen LogP contribution in [0.3, 0.4) is 0 Å². The first-order valence-electron chi connectivity index (χ1n) is 6.84. The molecule has 0 bridgehead atoms. The van der Waals surface area contributed by atoms with Crippen LogP contribution in [0.2, 0.25) is 0 Å². The summed E-state index contributed by atoms with van der Waals surface area (Å²) in [5.41, 5.74) is 2.61. The van der Waals surface area contributed by atoms with Gasteiger partial charge in [-0.25, -0.2) is 0 Å². The Kier molecular flexibility index (Phi) is 5.02. The minimum Gasteiger partial charge on any atom is -0.487 e. The smallest absolute Gasteiger partial charge is 0.126 e. The second-order valence-corrected chi connectivity index (χ2v) is 4.88. The van der Waals surface area contributed by atoms with Crippen molar-refractivity contribution in [2.75, 3.05) is 26.3 Å². The van der Waals surface area contributed by atoms with Gasteiger partial charge in [0.15, 0.2) is 0 Å². The normalized spacial score (nSPS) is 17.6. The average Bonchev–Trinajstić information content (AvgIpc) is 2.75. The molecule has 3 nitrogen and oxygen atoms in total. The van der Waals surface area contributed by atoms with Crippen LogP contribution in [0.4, 0.5) is 0 Å². The van der Waals surface area contributed by atoms with E-state index >= 15 is 0 Å². The van der Waals surface area contributed by atoms with Crippen LogP contribution in [0.25, 0.3) is 0 Å². The minimum atomic E-state index is 0.188. The zero-order valence-corrected chi connectivity index (χ0v) is 11.4. The molecular weight excluding hydrogens is 226 g/mol. The molecule has 0 amide bonds. The van der Waals surface area contributed by atoms with Gasteiger partial charge in [0.25, 0.3) is 0 Å². The Morgan fingerprint density at radius 3 is 3.11 bits per heavy atom. The Morgan fingerprint density at radius 2 is 2.28 bits per heavy atom. The molecule has 0 saturated carbocycles. The van der Waals surface area contributed by atoms with Crippen molar-refractivity contribution in [3.05, 3.63) is 29.3 Å². The van der Waals surface area contributed by atoms with Crippen molar-refractivity contribution in [2.45, 2.75) is 32.8 Å². The number of aryl methyl sites for hydroxylation is 1. The van der Waals surface area contributed by atoms with E-state index in [1.165, 1.54) is 17.5 Å². The van der Waals surface area contributed by atoms with Crippen LogP contribution in [0, 0.1) is 6.92 Å². The lowest BCUT2D eigenvalue weighted by Crippen LogP contribution is -2.25. The van der Waals surface area contributed by atoms with Crippen LogP contribution >= 0.6 is 0 Å². The SMILES string of the molecule is CCCNCCOCC1Cc2cc(C)ccc2O1. The van der Waals surface area contributed by atoms with Gasteiger partial charge in [-0.3, -0.25) is 0 Å². The Bertz CT molecular complexity index is 379. The lowest BCUT2D eigenvalue weighted by atomic mass is 10.1. The third-order valence-corrected chi connectivity index (χ3v) is 3.11. The van der Waals surface area contributed by atoms with Gasteiger partial charge in [0.1, 0.15) is 11.9 Å². The van der Waals surface area contributed by atoms with E-state index in [2.05, 4.69) is 37.4 Å². The van der Waals surface area contributed by atoms with E-state index < -0.39 is 0 Å². The molecule has 1 atom stereocenters. The first kappa shape index (κ1) is 13.4. The summed E-state index contributed by atoms with van der Waals surface area (Å²) in [7, 11) is 0. The first-order chi connectivity index (χ1) is 8.79. The van der Waals surface area contributed by atoms with Crippen LogP contribution in [0.1, 0.15) is 24.5 Å². The van der Waals surface area contributed by atoms with Crippen molar-refractivity contribution < 1.29 is 9.47 Å². The molecule has 0 spiro atoms. The molecule has 100 valence electrons. The number of nitrogens with one attached hydrogen (secondary N) is 1. The average molecular weight is 249 g/mol. The molecule has 1 aromatic rings. The van der Waals surface area contributed by atoms with E-state index in [0.29, 0.717) is 6.61 Å². The highest BCUT2D eigenvalue weighted by Crippen LogP contribution is 2.29. The van der Waals surface area contributed by atoms with Gasteiger partial charge >= 0.3 is 0 Å². The van der Waals surface area contributed by atoms with E-state index in [4.69, 9.17) is 9.47 Å².